The van der Waals surface area contributed by atoms with Crippen LogP contribution in [0.4, 0.5) is 0 Å². The van der Waals surface area contributed by atoms with Gasteiger partial charge < -0.3 is 4.98 Å². The van der Waals surface area contributed by atoms with Crippen LogP contribution >= 0.6 is 0 Å². The molecule has 0 aliphatic carbocycles. The Bertz CT molecular complexity index is 889. The number of hydrogen-bond donors (Lipinski definition) is 1. The van der Waals surface area contributed by atoms with E-state index in [1.807, 2.05) is 36.5 Å². The van der Waals surface area contributed by atoms with Crippen molar-refractivity contribution in [1.82, 2.24) is 15.0 Å². The van der Waals surface area contributed by atoms with E-state index in [2.05, 4.69) is 35.1 Å². The summed E-state index contributed by atoms with van der Waals surface area (Å²) in [6.45, 7) is 2.11. The lowest BCUT2D eigenvalue weighted by Crippen LogP contribution is -1.89. The lowest BCUT2D eigenvalue weighted by Gasteiger charge is -2.07. The summed E-state index contributed by atoms with van der Waals surface area (Å²) in [5.41, 5.74) is 5.37. The summed E-state index contributed by atoms with van der Waals surface area (Å²) in [5.74, 6) is 0.905. The Morgan fingerprint density at radius 2 is 1.80 bits per heavy atom. The average molecular weight is 259 g/mol. The number of nitrogens with one attached hydrogen (secondary N) is 1. The topological polar surface area (TPSA) is 41.6 Å². The fourth-order valence-electron chi connectivity index (χ4n) is 2.65. The first kappa shape index (κ1) is 11.2. The molecule has 4 aromatic rings. The van der Waals surface area contributed by atoms with Crippen molar-refractivity contribution in [3.8, 4) is 11.4 Å². The maximum Gasteiger partial charge on any atom is 0.139 e. The number of pyridine rings is 1. The Morgan fingerprint density at radius 3 is 2.70 bits per heavy atom. The van der Waals surface area contributed by atoms with Gasteiger partial charge in [-0.05, 0) is 36.8 Å². The number of aryl methyl sites for hydroxylation is 1. The number of para-hydroxylation sites is 2. The first-order chi connectivity index (χ1) is 9.83. The van der Waals surface area contributed by atoms with Gasteiger partial charge in [0.05, 0.1) is 16.6 Å². The van der Waals surface area contributed by atoms with Crippen LogP contribution in [0, 0.1) is 6.92 Å². The van der Waals surface area contributed by atoms with Crippen LogP contribution in [0.15, 0.2) is 54.7 Å². The van der Waals surface area contributed by atoms with Crippen LogP contribution in [-0.4, -0.2) is 15.0 Å². The summed E-state index contributed by atoms with van der Waals surface area (Å²) in [5, 5.41) is 1.13. The molecular weight excluding hydrogens is 246 g/mol. The second-order valence-corrected chi connectivity index (χ2v) is 4.93. The maximum atomic E-state index is 4.71. The summed E-state index contributed by atoms with van der Waals surface area (Å²) < 4.78 is 0. The number of rotatable bonds is 1. The second kappa shape index (κ2) is 4.17. The van der Waals surface area contributed by atoms with Crippen LogP contribution in [0.2, 0.25) is 0 Å². The van der Waals surface area contributed by atoms with Gasteiger partial charge >= 0.3 is 0 Å². The lowest BCUT2D eigenvalue weighted by atomic mass is 10.0. The van der Waals surface area contributed by atoms with Gasteiger partial charge in [0, 0.05) is 17.1 Å². The Labute approximate surface area is 116 Å². The van der Waals surface area contributed by atoms with Gasteiger partial charge in [0.25, 0.3) is 0 Å². The number of aromatic nitrogens is 3. The third-order valence-corrected chi connectivity index (χ3v) is 3.62. The lowest BCUT2D eigenvalue weighted by molar-refractivity contribution is 1.31. The number of nitrogens with zero attached hydrogens (tertiary/aromatic N) is 2. The molecule has 0 unspecified atom stereocenters. The van der Waals surface area contributed by atoms with E-state index in [4.69, 9.17) is 4.98 Å². The van der Waals surface area contributed by atoms with Crippen LogP contribution in [-0.2, 0) is 0 Å². The smallest absolute Gasteiger partial charge is 0.139 e. The molecule has 0 radical (unpaired) electrons. The predicted molar refractivity (Wildman–Crippen MR) is 81.6 cm³/mol. The van der Waals surface area contributed by atoms with Gasteiger partial charge in [-0.3, -0.25) is 4.98 Å². The minimum atomic E-state index is 0.905. The van der Waals surface area contributed by atoms with E-state index in [1.54, 1.807) is 0 Å². The highest BCUT2D eigenvalue weighted by Gasteiger charge is 2.11. The minimum Gasteiger partial charge on any atom is -0.338 e. The average Bonchev–Trinajstić information content (AvgIpc) is 2.90. The quantitative estimate of drug-likeness (QED) is 0.559. The number of imidazole rings is 1. The molecule has 2 aromatic carbocycles. The first-order valence-corrected chi connectivity index (χ1v) is 6.62. The van der Waals surface area contributed by atoms with Crippen molar-refractivity contribution in [2.24, 2.45) is 0 Å². The highest BCUT2D eigenvalue weighted by molar-refractivity contribution is 5.96. The molecule has 0 atom stereocenters. The second-order valence-electron chi connectivity index (χ2n) is 4.93. The van der Waals surface area contributed by atoms with Crippen molar-refractivity contribution >= 4 is 21.9 Å². The van der Waals surface area contributed by atoms with Gasteiger partial charge in [0.2, 0.25) is 0 Å². The maximum absolute atomic E-state index is 4.71. The van der Waals surface area contributed by atoms with E-state index in [9.17, 15) is 0 Å². The Hall–Kier alpha value is -2.68. The molecule has 0 saturated carbocycles. The van der Waals surface area contributed by atoms with Crippen LogP contribution in [0.1, 0.15) is 5.56 Å². The molecule has 1 N–H and O–H groups in total. The molecule has 0 spiro atoms. The standard InChI is InChI=1S/C17H13N3/c1-11-8-9-13-12(5-4-10-18-13)16(11)17-19-14-6-2-3-7-15(14)20-17/h2-10H,1H3,(H,19,20). The fourth-order valence-corrected chi connectivity index (χ4v) is 2.65. The number of H-pyrrole nitrogens is 1. The van der Waals surface area contributed by atoms with Crippen LogP contribution < -0.4 is 0 Å². The highest BCUT2D eigenvalue weighted by atomic mass is 14.9. The molecule has 2 heterocycles. The van der Waals surface area contributed by atoms with Crippen LogP contribution in [0.5, 0.6) is 0 Å². The van der Waals surface area contributed by atoms with Gasteiger partial charge in [-0.2, -0.15) is 0 Å². The Kier molecular flexibility index (Phi) is 2.33. The van der Waals surface area contributed by atoms with Gasteiger partial charge in [0.1, 0.15) is 5.82 Å². The number of hydrogen-bond acceptors (Lipinski definition) is 2. The van der Waals surface area contributed by atoms with E-state index < -0.39 is 0 Å². The molecule has 4 rings (SSSR count). The molecule has 3 heteroatoms. The van der Waals surface area contributed by atoms with E-state index in [0.29, 0.717) is 0 Å². The predicted octanol–water partition coefficient (Wildman–Crippen LogP) is 4.09. The van der Waals surface area contributed by atoms with E-state index >= 15 is 0 Å². The SMILES string of the molecule is Cc1ccc2ncccc2c1-c1nc2ccccc2[nH]1. The zero-order valence-electron chi connectivity index (χ0n) is 11.1. The van der Waals surface area contributed by atoms with Crippen molar-refractivity contribution in [3.05, 3.63) is 60.3 Å². The van der Waals surface area contributed by atoms with Crippen molar-refractivity contribution in [3.63, 3.8) is 0 Å². The van der Waals surface area contributed by atoms with Crippen molar-refractivity contribution in [2.75, 3.05) is 0 Å². The number of benzene rings is 2. The van der Waals surface area contributed by atoms with Gasteiger partial charge in [-0.15, -0.1) is 0 Å². The summed E-state index contributed by atoms with van der Waals surface area (Å²) in [4.78, 5) is 12.5. The third kappa shape index (κ3) is 1.60. The van der Waals surface area contributed by atoms with Crippen molar-refractivity contribution in [1.29, 1.82) is 0 Å². The molecule has 0 fully saturated rings. The number of aromatic amines is 1. The summed E-state index contributed by atoms with van der Waals surface area (Å²) >= 11 is 0. The van der Waals surface area contributed by atoms with Crippen LogP contribution in [0.25, 0.3) is 33.3 Å². The normalized spacial score (nSPS) is 11.2. The monoisotopic (exact) mass is 259 g/mol. The molecule has 20 heavy (non-hydrogen) atoms. The zero-order chi connectivity index (χ0) is 13.5. The molecule has 96 valence electrons. The molecule has 0 amide bonds. The summed E-state index contributed by atoms with van der Waals surface area (Å²) in [6, 6.07) is 16.3. The molecule has 0 aliphatic heterocycles. The van der Waals surface area contributed by atoms with Crippen molar-refractivity contribution in [2.45, 2.75) is 6.92 Å². The molecule has 0 saturated heterocycles. The van der Waals surface area contributed by atoms with E-state index in [0.717, 1.165) is 33.3 Å². The molecular formula is C17H13N3. The first-order valence-electron chi connectivity index (χ1n) is 6.62. The molecule has 3 nitrogen and oxygen atoms in total. The van der Waals surface area contributed by atoms with E-state index in [-0.39, 0.29) is 0 Å². The molecule has 2 aromatic heterocycles. The zero-order valence-corrected chi connectivity index (χ0v) is 11.1. The molecule has 0 bridgehead atoms. The van der Waals surface area contributed by atoms with Gasteiger partial charge in [0.15, 0.2) is 0 Å². The fraction of sp³-hybridized carbons (Fsp3) is 0.0588. The third-order valence-electron chi connectivity index (χ3n) is 3.62. The Balaban J connectivity index is 2.08. The van der Waals surface area contributed by atoms with Crippen LogP contribution in [0.3, 0.4) is 0 Å². The van der Waals surface area contributed by atoms with Gasteiger partial charge in [-0.1, -0.05) is 24.3 Å². The highest BCUT2D eigenvalue weighted by Crippen LogP contribution is 2.30. The number of fused-ring (bicyclic) bond motifs is 2. The Morgan fingerprint density at radius 1 is 0.900 bits per heavy atom. The van der Waals surface area contributed by atoms with E-state index in [1.165, 1.54) is 5.56 Å². The largest absolute Gasteiger partial charge is 0.338 e. The molecule has 0 aliphatic rings. The summed E-state index contributed by atoms with van der Waals surface area (Å²) in [7, 11) is 0. The summed E-state index contributed by atoms with van der Waals surface area (Å²) in [6.07, 6.45) is 1.82. The van der Waals surface area contributed by atoms with Crippen molar-refractivity contribution < 1.29 is 0 Å². The van der Waals surface area contributed by atoms with Gasteiger partial charge in [-0.25, -0.2) is 4.98 Å². The minimum absolute atomic E-state index is 0.905.